The number of likely N-dealkylation sites (tertiary alicyclic amines) is 2. The first-order chi connectivity index (χ1) is 15.4. The van der Waals surface area contributed by atoms with Crippen LogP contribution in [0.25, 0.3) is 0 Å². The molecular weight excluding hydrogens is 400 g/mol. The van der Waals surface area contributed by atoms with Crippen molar-refractivity contribution in [2.75, 3.05) is 27.3 Å². The number of rotatable bonds is 7. The molecule has 0 saturated carbocycles. The fraction of sp³-hybridized carbons (Fsp3) is 0.615. The fourth-order valence-electron chi connectivity index (χ4n) is 5.81. The van der Waals surface area contributed by atoms with Crippen molar-refractivity contribution in [1.29, 1.82) is 0 Å². The van der Waals surface area contributed by atoms with Crippen molar-refractivity contribution < 1.29 is 9.47 Å². The molecule has 0 bridgehead atoms. The third kappa shape index (κ3) is 4.35. The summed E-state index contributed by atoms with van der Waals surface area (Å²) in [7, 11) is 3.51. The van der Waals surface area contributed by atoms with Gasteiger partial charge in [-0.25, -0.2) is 0 Å². The van der Waals surface area contributed by atoms with Gasteiger partial charge in [-0.2, -0.15) is 0 Å². The topological polar surface area (TPSA) is 50.7 Å². The highest BCUT2D eigenvalue weighted by Crippen LogP contribution is 2.34. The monoisotopic (exact) mass is 438 g/mol. The molecule has 2 unspecified atom stereocenters. The van der Waals surface area contributed by atoms with Crippen molar-refractivity contribution in [2.45, 2.75) is 78.6 Å². The Balaban J connectivity index is 1.51. The molecule has 2 saturated heterocycles. The minimum absolute atomic E-state index is 0.568. The number of hydrogen-bond acceptors (Lipinski definition) is 6. The van der Waals surface area contributed by atoms with Crippen LogP contribution in [0.5, 0.6) is 11.5 Å². The smallest absolute Gasteiger partial charge is 0.128 e. The summed E-state index contributed by atoms with van der Waals surface area (Å²) in [5.74, 6) is 1.95. The van der Waals surface area contributed by atoms with Crippen molar-refractivity contribution in [2.24, 2.45) is 0 Å². The largest absolute Gasteiger partial charge is 0.496 e. The highest BCUT2D eigenvalue weighted by molar-refractivity contribution is 5.42. The van der Waals surface area contributed by atoms with E-state index in [9.17, 15) is 0 Å². The van der Waals surface area contributed by atoms with Gasteiger partial charge >= 0.3 is 0 Å². The minimum Gasteiger partial charge on any atom is -0.496 e. The molecule has 2 aliphatic heterocycles. The second kappa shape index (κ2) is 9.75. The van der Waals surface area contributed by atoms with E-state index in [1.807, 2.05) is 12.4 Å². The zero-order valence-electron chi connectivity index (χ0n) is 20.6. The predicted molar refractivity (Wildman–Crippen MR) is 127 cm³/mol. The first-order valence-electron chi connectivity index (χ1n) is 11.9. The van der Waals surface area contributed by atoms with E-state index in [0.717, 1.165) is 60.2 Å². The summed E-state index contributed by atoms with van der Waals surface area (Å²) in [5.41, 5.74) is 6.84. The van der Waals surface area contributed by atoms with E-state index in [2.05, 4.69) is 37.5 Å². The van der Waals surface area contributed by atoms with Gasteiger partial charge in [0.25, 0.3) is 0 Å². The lowest BCUT2D eigenvalue weighted by Crippen LogP contribution is -2.45. The molecule has 2 aliphatic rings. The van der Waals surface area contributed by atoms with E-state index in [1.165, 1.54) is 36.8 Å². The van der Waals surface area contributed by atoms with Gasteiger partial charge < -0.3 is 9.47 Å². The summed E-state index contributed by atoms with van der Waals surface area (Å²) in [4.78, 5) is 14.9. The molecule has 4 rings (SSSR count). The predicted octanol–water partition coefficient (Wildman–Crippen LogP) is 4.36. The quantitative estimate of drug-likeness (QED) is 0.640. The maximum Gasteiger partial charge on any atom is 0.128 e. The molecule has 0 N–H and O–H groups in total. The van der Waals surface area contributed by atoms with Crippen LogP contribution in [-0.4, -0.2) is 59.2 Å². The van der Waals surface area contributed by atoms with Crippen LogP contribution >= 0.6 is 0 Å². The molecule has 6 heteroatoms. The number of nitrogens with zero attached hydrogens (tertiary/aromatic N) is 4. The summed E-state index contributed by atoms with van der Waals surface area (Å²) in [6.07, 6.45) is 8.93. The molecule has 2 aromatic heterocycles. The van der Waals surface area contributed by atoms with Crippen molar-refractivity contribution in [3.63, 3.8) is 0 Å². The number of aromatic nitrogens is 2. The van der Waals surface area contributed by atoms with Gasteiger partial charge in [-0.3, -0.25) is 19.8 Å². The molecule has 174 valence electrons. The summed E-state index contributed by atoms with van der Waals surface area (Å²) in [5, 5.41) is 0. The Morgan fingerprint density at radius 2 is 1.16 bits per heavy atom. The lowest BCUT2D eigenvalue weighted by Gasteiger charge is -2.35. The van der Waals surface area contributed by atoms with Crippen molar-refractivity contribution >= 4 is 0 Å². The van der Waals surface area contributed by atoms with Crippen LogP contribution in [0.15, 0.2) is 12.4 Å². The molecule has 0 aromatic carbocycles. The number of pyridine rings is 2. The van der Waals surface area contributed by atoms with Gasteiger partial charge in [0, 0.05) is 59.8 Å². The zero-order chi connectivity index (χ0) is 22.8. The highest BCUT2D eigenvalue weighted by Gasteiger charge is 2.38. The van der Waals surface area contributed by atoms with E-state index in [0.29, 0.717) is 12.1 Å². The Labute approximate surface area is 193 Å². The third-order valence-electron chi connectivity index (χ3n) is 7.48. The van der Waals surface area contributed by atoms with Crippen LogP contribution in [-0.2, 0) is 13.1 Å². The lowest BCUT2D eigenvalue weighted by atomic mass is 10.0. The van der Waals surface area contributed by atoms with Gasteiger partial charge in [0.2, 0.25) is 0 Å². The Kier molecular flexibility index (Phi) is 7.01. The maximum absolute atomic E-state index is 5.65. The summed E-state index contributed by atoms with van der Waals surface area (Å²) < 4.78 is 11.3. The maximum atomic E-state index is 5.65. The molecule has 4 heterocycles. The van der Waals surface area contributed by atoms with Gasteiger partial charge in [0.15, 0.2) is 0 Å². The van der Waals surface area contributed by atoms with Gasteiger partial charge in [0.05, 0.1) is 25.6 Å². The van der Waals surface area contributed by atoms with Crippen LogP contribution in [0.1, 0.15) is 59.3 Å². The van der Waals surface area contributed by atoms with E-state index in [4.69, 9.17) is 19.4 Å². The SMILES string of the molecule is COc1c(C)cnc(CN2CCCC2C2CCCN2Cc2ncc(C)c(OC)c2C)c1C. The van der Waals surface area contributed by atoms with Crippen molar-refractivity contribution in [3.8, 4) is 11.5 Å². The van der Waals surface area contributed by atoms with Gasteiger partial charge in [-0.15, -0.1) is 0 Å². The van der Waals surface area contributed by atoms with Gasteiger partial charge in [-0.05, 0) is 66.5 Å². The number of ether oxygens (including phenoxy) is 2. The van der Waals surface area contributed by atoms with Gasteiger partial charge in [0.1, 0.15) is 11.5 Å². The third-order valence-corrected chi connectivity index (χ3v) is 7.48. The fourth-order valence-corrected chi connectivity index (χ4v) is 5.81. The summed E-state index contributed by atoms with van der Waals surface area (Å²) in [6, 6.07) is 1.14. The van der Waals surface area contributed by atoms with E-state index >= 15 is 0 Å². The van der Waals surface area contributed by atoms with Crippen molar-refractivity contribution in [3.05, 3.63) is 46.0 Å². The van der Waals surface area contributed by atoms with Crippen molar-refractivity contribution in [1.82, 2.24) is 19.8 Å². The molecular formula is C26H38N4O2. The summed E-state index contributed by atoms with van der Waals surface area (Å²) in [6.45, 7) is 12.5. The molecule has 0 aliphatic carbocycles. The Morgan fingerprint density at radius 3 is 1.53 bits per heavy atom. The molecule has 0 spiro atoms. The number of hydrogen-bond donors (Lipinski definition) is 0. The average Bonchev–Trinajstić information content (AvgIpc) is 3.42. The Hall–Kier alpha value is -2.18. The summed E-state index contributed by atoms with van der Waals surface area (Å²) >= 11 is 0. The first-order valence-corrected chi connectivity index (χ1v) is 11.9. The zero-order valence-corrected chi connectivity index (χ0v) is 20.6. The van der Waals surface area contributed by atoms with Crippen LogP contribution in [0, 0.1) is 27.7 Å². The molecule has 6 nitrogen and oxygen atoms in total. The first kappa shape index (κ1) is 23.0. The molecule has 2 aromatic rings. The van der Waals surface area contributed by atoms with E-state index < -0.39 is 0 Å². The highest BCUT2D eigenvalue weighted by atomic mass is 16.5. The van der Waals surface area contributed by atoms with E-state index in [-0.39, 0.29) is 0 Å². The van der Waals surface area contributed by atoms with Crippen LogP contribution in [0.2, 0.25) is 0 Å². The molecule has 2 atom stereocenters. The molecule has 0 radical (unpaired) electrons. The second-order valence-corrected chi connectivity index (χ2v) is 9.45. The Morgan fingerprint density at radius 1 is 0.750 bits per heavy atom. The second-order valence-electron chi connectivity index (χ2n) is 9.45. The molecule has 0 amide bonds. The average molecular weight is 439 g/mol. The number of methoxy groups -OCH3 is 2. The van der Waals surface area contributed by atoms with Crippen LogP contribution in [0.4, 0.5) is 0 Å². The van der Waals surface area contributed by atoms with Gasteiger partial charge in [-0.1, -0.05) is 0 Å². The molecule has 32 heavy (non-hydrogen) atoms. The normalized spacial score (nSPS) is 21.9. The van der Waals surface area contributed by atoms with Crippen LogP contribution in [0.3, 0.4) is 0 Å². The molecule has 2 fully saturated rings. The van der Waals surface area contributed by atoms with E-state index in [1.54, 1.807) is 14.2 Å². The Bertz CT molecular complexity index is 884. The lowest BCUT2D eigenvalue weighted by molar-refractivity contribution is 0.122. The number of aryl methyl sites for hydroxylation is 2. The van der Waals surface area contributed by atoms with Crippen LogP contribution < -0.4 is 9.47 Å². The minimum atomic E-state index is 0.568. The standard InChI is InChI=1S/C26H38N4O2/c1-17-13-27-21(19(3)25(17)31-5)15-29-11-7-9-23(29)24-10-8-12-30(24)16-22-20(4)26(32-6)18(2)14-28-22/h13-14,23-24H,7-12,15-16H2,1-6H3.